The molecule has 1 aliphatic heterocycles. The first-order valence-corrected chi connectivity index (χ1v) is 11.9. The molecule has 37 heavy (non-hydrogen) atoms. The largest absolute Gasteiger partial charge is 0.481 e. The number of hydrogen-bond donors (Lipinski definition) is 2. The molecule has 186 valence electrons. The Morgan fingerprint density at radius 2 is 1.97 bits per heavy atom. The molecule has 1 fully saturated rings. The number of nitrogen functional groups attached to an aromatic ring is 1. The molecule has 2 atom stereocenters. The van der Waals surface area contributed by atoms with E-state index in [1.165, 1.54) is 0 Å². The van der Waals surface area contributed by atoms with Crippen molar-refractivity contribution in [2.75, 3.05) is 18.8 Å². The molecule has 4 aromatic rings. The molecule has 0 spiro atoms. The fourth-order valence-corrected chi connectivity index (χ4v) is 4.50. The summed E-state index contributed by atoms with van der Waals surface area (Å²) in [6.07, 6.45) is 2.42. The zero-order chi connectivity index (χ0) is 25.9. The first-order valence-electron chi connectivity index (χ1n) is 11.9. The van der Waals surface area contributed by atoms with Crippen LogP contribution >= 0.6 is 0 Å². The summed E-state index contributed by atoms with van der Waals surface area (Å²) in [5.74, 6) is -0.975. The van der Waals surface area contributed by atoms with Gasteiger partial charge in [-0.15, -0.1) is 5.10 Å². The number of carboxylic acids is 1. The molecule has 0 saturated carbocycles. The summed E-state index contributed by atoms with van der Waals surface area (Å²) in [5, 5.41) is 27.0. The second-order valence-corrected chi connectivity index (χ2v) is 9.04. The number of aliphatic carboxylic acids is 1. The van der Waals surface area contributed by atoms with E-state index in [-0.39, 0.29) is 17.9 Å². The Kier molecular flexibility index (Phi) is 6.57. The molecule has 3 aromatic heterocycles. The highest BCUT2D eigenvalue weighted by Gasteiger charge is 2.31. The van der Waals surface area contributed by atoms with E-state index in [9.17, 15) is 15.2 Å². The fourth-order valence-electron chi connectivity index (χ4n) is 4.50. The molecule has 0 bridgehead atoms. The van der Waals surface area contributed by atoms with Crippen molar-refractivity contribution in [2.24, 2.45) is 5.92 Å². The van der Waals surface area contributed by atoms with Crippen molar-refractivity contribution in [1.29, 1.82) is 5.26 Å². The molecule has 1 saturated heterocycles. The Balaban J connectivity index is 1.33. The minimum atomic E-state index is -0.744. The van der Waals surface area contributed by atoms with Crippen LogP contribution in [-0.2, 0) is 11.3 Å². The Labute approximate surface area is 213 Å². The van der Waals surface area contributed by atoms with Gasteiger partial charge in [0.1, 0.15) is 5.69 Å². The number of anilines is 1. The lowest BCUT2D eigenvalue weighted by Gasteiger charge is -2.23. The highest BCUT2D eigenvalue weighted by Crippen LogP contribution is 2.27. The van der Waals surface area contributed by atoms with E-state index in [2.05, 4.69) is 31.2 Å². The summed E-state index contributed by atoms with van der Waals surface area (Å²) in [6.45, 7) is 3.72. The molecule has 0 aliphatic carbocycles. The Bertz CT molecular complexity index is 1490. The summed E-state index contributed by atoms with van der Waals surface area (Å²) in [4.78, 5) is 26.9. The molecule has 4 heterocycles. The third kappa shape index (κ3) is 5.29. The molecule has 1 aliphatic rings. The van der Waals surface area contributed by atoms with Gasteiger partial charge in [-0.2, -0.15) is 5.26 Å². The molecule has 0 radical (unpaired) electrons. The number of rotatable bonds is 7. The van der Waals surface area contributed by atoms with Crippen LogP contribution in [0.4, 0.5) is 5.95 Å². The molecular formula is C26H25N9O2. The zero-order valence-electron chi connectivity index (χ0n) is 20.2. The van der Waals surface area contributed by atoms with Gasteiger partial charge in [0.15, 0.2) is 0 Å². The van der Waals surface area contributed by atoms with E-state index in [0.717, 1.165) is 23.5 Å². The number of carbonyl (C=O) groups is 1. The molecule has 0 amide bonds. The number of likely N-dealkylation sites (tertiary alicyclic amines) is 1. The predicted octanol–water partition coefficient (Wildman–Crippen LogP) is 2.77. The maximum Gasteiger partial charge on any atom is 0.307 e. The monoisotopic (exact) mass is 495 g/mol. The molecular weight excluding hydrogens is 470 g/mol. The quantitative estimate of drug-likeness (QED) is 0.390. The second-order valence-electron chi connectivity index (χ2n) is 9.04. The van der Waals surface area contributed by atoms with Crippen LogP contribution in [0.2, 0.25) is 0 Å². The lowest BCUT2D eigenvalue weighted by Crippen LogP contribution is -2.27. The van der Waals surface area contributed by atoms with Gasteiger partial charge in [-0.25, -0.2) is 14.6 Å². The molecule has 11 heteroatoms. The van der Waals surface area contributed by atoms with Crippen LogP contribution in [0, 0.1) is 17.2 Å². The number of nitrogens with two attached hydrogens (primary N) is 1. The molecule has 1 aromatic carbocycles. The van der Waals surface area contributed by atoms with Gasteiger partial charge < -0.3 is 10.8 Å². The van der Waals surface area contributed by atoms with E-state index < -0.39 is 5.97 Å². The van der Waals surface area contributed by atoms with Crippen molar-refractivity contribution in [3.05, 3.63) is 71.7 Å². The van der Waals surface area contributed by atoms with Gasteiger partial charge in [-0.1, -0.05) is 23.4 Å². The first kappa shape index (κ1) is 24.0. The van der Waals surface area contributed by atoms with Crippen LogP contribution in [0.1, 0.15) is 36.3 Å². The van der Waals surface area contributed by atoms with Crippen molar-refractivity contribution in [3.8, 4) is 28.7 Å². The van der Waals surface area contributed by atoms with Crippen molar-refractivity contribution < 1.29 is 9.90 Å². The van der Waals surface area contributed by atoms with E-state index >= 15 is 0 Å². The number of aromatic nitrogens is 6. The lowest BCUT2D eigenvalue weighted by molar-refractivity contribution is -0.141. The number of hydrogen-bond acceptors (Lipinski definition) is 9. The van der Waals surface area contributed by atoms with Crippen LogP contribution in [0.5, 0.6) is 0 Å². The van der Waals surface area contributed by atoms with E-state index in [0.29, 0.717) is 42.2 Å². The average Bonchev–Trinajstić information content (AvgIpc) is 3.59. The predicted molar refractivity (Wildman–Crippen MR) is 135 cm³/mol. The van der Waals surface area contributed by atoms with E-state index in [4.69, 9.17) is 10.7 Å². The lowest BCUT2D eigenvalue weighted by atomic mass is 10.1. The normalized spacial score (nSPS) is 16.4. The average molecular weight is 496 g/mol. The van der Waals surface area contributed by atoms with E-state index in [1.54, 1.807) is 35.1 Å². The molecule has 5 rings (SSSR count). The van der Waals surface area contributed by atoms with Gasteiger partial charge in [0.2, 0.25) is 5.95 Å². The maximum atomic E-state index is 11.3. The Hall–Kier alpha value is -4.69. The summed E-state index contributed by atoms with van der Waals surface area (Å²) in [7, 11) is 0. The van der Waals surface area contributed by atoms with Gasteiger partial charge in [0.05, 0.1) is 53.1 Å². The van der Waals surface area contributed by atoms with Crippen LogP contribution in [-0.4, -0.2) is 59.0 Å². The third-order valence-electron chi connectivity index (χ3n) is 6.53. The molecule has 11 nitrogen and oxygen atoms in total. The standard InChI is InChI=1S/C26H25N9O2/c1-16(34-9-8-19(13-34)25(36)37)21-7-3-6-20(29-21)14-35-15-24(32-33-35)23-11-22(30-26(28)31-23)18-5-2-4-17(10-18)12-27/h2-7,10-11,15-16,19H,8-9,13-14H2,1H3,(H,36,37)(H2,28,30,31)/t16-,19+/m1/s1. The SMILES string of the molecule is C[C@H](c1cccc(Cn2cc(-c3cc(-c4cccc(C#N)c4)nc(N)n3)nn2)n1)N1CC[C@H](C(=O)O)C1. The van der Waals surface area contributed by atoms with Gasteiger partial charge in [-0.3, -0.25) is 14.7 Å². The number of nitriles is 1. The van der Waals surface area contributed by atoms with Crippen molar-refractivity contribution >= 4 is 11.9 Å². The summed E-state index contributed by atoms with van der Waals surface area (Å²) >= 11 is 0. The van der Waals surface area contributed by atoms with Gasteiger partial charge in [0, 0.05) is 18.2 Å². The van der Waals surface area contributed by atoms with Crippen LogP contribution in [0.3, 0.4) is 0 Å². The third-order valence-corrected chi connectivity index (χ3v) is 6.53. The second kappa shape index (κ2) is 10.1. The van der Waals surface area contributed by atoms with Gasteiger partial charge in [-0.05, 0) is 50.2 Å². The zero-order valence-corrected chi connectivity index (χ0v) is 20.2. The molecule has 3 N–H and O–H groups in total. The van der Waals surface area contributed by atoms with Crippen molar-refractivity contribution in [2.45, 2.75) is 25.9 Å². The number of benzene rings is 1. The number of carboxylic acid groups (broad SMARTS) is 1. The van der Waals surface area contributed by atoms with Crippen LogP contribution in [0.15, 0.2) is 54.7 Å². The number of pyridine rings is 1. The highest BCUT2D eigenvalue weighted by atomic mass is 16.4. The van der Waals surface area contributed by atoms with E-state index in [1.807, 2.05) is 31.2 Å². The highest BCUT2D eigenvalue weighted by molar-refractivity contribution is 5.70. The Morgan fingerprint density at radius 3 is 2.76 bits per heavy atom. The minimum Gasteiger partial charge on any atom is -0.481 e. The van der Waals surface area contributed by atoms with Crippen LogP contribution in [0.25, 0.3) is 22.6 Å². The van der Waals surface area contributed by atoms with Gasteiger partial charge in [0.25, 0.3) is 0 Å². The maximum absolute atomic E-state index is 11.3. The minimum absolute atomic E-state index is 0.0116. The number of nitrogens with zero attached hydrogens (tertiary/aromatic N) is 8. The van der Waals surface area contributed by atoms with Gasteiger partial charge >= 0.3 is 5.97 Å². The first-order chi connectivity index (χ1) is 17.9. The summed E-state index contributed by atoms with van der Waals surface area (Å²) in [6, 6.07) is 16.8. The smallest absolute Gasteiger partial charge is 0.307 e. The Morgan fingerprint density at radius 1 is 1.16 bits per heavy atom. The summed E-state index contributed by atoms with van der Waals surface area (Å²) in [5.41, 5.74) is 10.6. The molecule has 0 unspecified atom stereocenters. The topological polar surface area (TPSA) is 160 Å². The summed E-state index contributed by atoms with van der Waals surface area (Å²) < 4.78 is 1.68. The fraction of sp³-hybridized carbons (Fsp3) is 0.269. The van der Waals surface area contributed by atoms with Crippen molar-refractivity contribution in [1.82, 2.24) is 34.8 Å². The van der Waals surface area contributed by atoms with Crippen molar-refractivity contribution in [3.63, 3.8) is 0 Å². The van der Waals surface area contributed by atoms with Crippen LogP contribution < -0.4 is 5.73 Å².